The molecule has 2 rings (SSSR count). The number of aromatic amines is 1. The summed E-state index contributed by atoms with van der Waals surface area (Å²) < 4.78 is 5.24. The second kappa shape index (κ2) is 6.72. The molecule has 5 nitrogen and oxygen atoms in total. The van der Waals surface area contributed by atoms with Crippen LogP contribution in [0.25, 0.3) is 11.0 Å². The number of benzene rings is 1. The number of hydrogen-bond donors (Lipinski definition) is 2. The van der Waals surface area contributed by atoms with Gasteiger partial charge in [0.25, 0.3) is 0 Å². The number of hydrogen-bond acceptors (Lipinski definition) is 3. The molecular weight excluding hydrogens is 266 g/mol. The van der Waals surface area contributed by atoms with E-state index in [1.54, 1.807) is 0 Å². The number of rotatable bonds is 7. The van der Waals surface area contributed by atoms with E-state index in [0.29, 0.717) is 19.6 Å². The van der Waals surface area contributed by atoms with Crippen molar-refractivity contribution in [1.82, 2.24) is 15.3 Å². The Hall–Kier alpha value is -1.88. The molecule has 0 radical (unpaired) electrons. The lowest BCUT2D eigenvalue weighted by atomic mass is 10.0. The minimum Gasteiger partial charge on any atom is -0.382 e. The summed E-state index contributed by atoms with van der Waals surface area (Å²) in [6.45, 7) is 7.15. The van der Waals surface area contributed by atoms with Crippen molar-refractivity contribution in [2.45, 2.75) is 39.2 Å². The lowest BCUT2D eigenvalue weighted by molar-refractivity contribution is -0.123. The van der Waals surface area contributed by atoms with E-state index in [-0.39, 0.29) is 5.91 Å². The molecule has 21 heavy (non-hydrogen) atoms. The predicted octanol–water partition coefficient (Wildman–Crippen LogP) is 2.73. The molecule has 1 aromatic heterocycles. The van der Waals surface area contributed by atoms with Crippen molar-refractivity contribution < 1.29 is 9.53 Å². The van der Waals surface area contributed by atoms with Crippen LogP contribution in [0.2, 0.25) is 0 Å². The smallest absolute Gasteiger partial charge is 0.220 e. The number of nitrogens with zero attached hydrogens (tertiary/aromatic N) is 1. The summed E-state index contributed by atoms with van der Waals surface area (Å²) in [4.78, 5) is 19.8. The SMILES string of the molecule is CCOCCCC(=O)NC(C)(C)c1nc2ccccc2[nH]1. The Labute approximate surface area is 125 Å². The van der Waals surface area contributed by atoms with Crippen molar-refractivity contribution in [1.29, 1.82) is 0 Å². The summed E-state index contributed by atoms with van der Waals surface area (Å²) in [7, 11) is 0. The number of carbonyl (C=O) groups excluding carboxylic acids is 1. The van der Waals surface area contributed by atoms with Gasteiger partial charge in [-0.3, -0.25) is 4.79 Å². The molecule has 1 aromatic carbocycles. The Kier molecular flexibility index (Phi) is 4.96. The normalized spacial score (nSPS) is 11.8. The van der Waals surface area contributed by atoms with Crippen LogP contribution in [0.15, 0.2) is 24.3 Å². The standard InChI is InChI=1S/C16H23N3O2/c1-4-21-11-7-10-14(20)19-16(2,3)15-17-12-8-5-6-9-13(12)18-15/h5-6,8-9H,4,7,10-11H2,1-3H3,(H,17,18)(H,19,20). The number of amides is 1. The van der Waals surface area contributed by atoms with Crippen molar-refractivity contribution in [2.75, 3.05) is 13.2 Å². The first-order chi connectivity index (χ1) is 10.0. The van der Waals surface area contributed by atoms with Crippen LogP contribution in [0.4, 0.5) is 0 Å². The number of fused-ring (bicyclic) bond motifs is 1. The molecule has 0 spiro atoms. The molecule has 0 unspecified atom stereocenters. The zero-order valence-electron chi connectivity index (χ0n) is 12.9. The summed E-state index contributed by atoms with van der Waals surface area (Å²) in [5, 5.41) is 3.02. The van der Waals surface area contributed by atoms with Crippen molar-refractivity contribution in [3.05, 3.63) is 30.1 Å². The number of para-hydroxylation sites is 2. The van der Waals surface area contributed by atoms with E-state index in [0.717, 1.165) is 23.3 Å². The third-order valence-electron chi connectivity index (χ3n) is 3.33. The highest BCUT2D eigenvalue weighted by molar-refractivity contribution is 5.78. The maximum atomic E-state index is 12.0. The molecule has 1 amide bonds. The largest absolute Gasteiger partial charge is 0.382 e. The lowest BCUT2D eigenvalue weighted by Crippen LogP contribution is -2.41. The third kappa shape index (κ3) is 4.04. The molecular formula is C16H23N3O2. The monoisotopic (exact) mass is 289 g/mol. The van der Waals surface area contributed by atoms with Crippen LogP contribution < -0.4 is 5.32 Å². The number of aromatic nitrogens is 2. The van der Waals surface area contributed by atoms with Crippen LogP contribution in [0.3, 0.4) is 0 Å². The molecule has 0 aliphatic rings. The first kappa shape index (κ1) is 15.5. The number of H-pyrrole nitrogens is 1. The van der Waals surface area contributed by atoms with Gasteiger partial charge in [0.05, 0.1) is 16.6 Å². The first-order valence-corrected chi connectivity index (χ1v) is 7.37. The highest BCUT2D eigenvalue weighted by Crippen LogP contribution is 2.20. The van der Waals surface area contributed by atoms with Gasteiger partial charge in [0, 0.05) is 19.6 Å². The van der Waals surface area contributed by atoms with Crippen LogP contribution in [0, 0.1) is 0 Å². The van der Waals surface area contributed by atoms with Gasteiger partial charge in [-0.1, -0.05) is 12.1 Å². The number of nitrogens with one attached hydrogen (secondary N) is 2. The predicted molar refractivity (Wildman–Crippen MR) is 83.0 cm³/mol. The molecule has 0 aliphatic heterocycles. The second-order valence-corrected chi connectivity index (χ2v) is 5.58. The highest BCUT2D eigenvalue weighted by atomic mass is 16.5. The van der Waals surface area contributed by atoms with Gasteiger partial charge in [-0.2, -0.15) is 0 Å². The zero-order valence-corrected chi connectivity index (χ0v) is 12.9. The summed E-state index contributed by atoms with van der Waals surface area (Å²) >= 11 is 0. The fraction of sp³-hybridized carbons (Fsp3) is 0.500. The van der Waals surface area contributed by atoms with Crippen LogP contribution in [0.5, 0.6) is 0 Å². The first-order valence-electron chi connectivity index (χ1n) is 7.37. The molecule has 5 heteroatoms. The zero-order chi connectivity index (χ0) is 15.3. The molecule has 1 heterocycles. The molecule has 2 aromatic rings. The van der Waals surface area contributed by atoms with Crippen molar-refractivity contribution in [3.8, 4) is 0 Å². The Morgan fingerprint density at radius 3 is 2.86 bits per heavy atom. The van der Waals surface area contributed by atoms with Gasteiger partial charge in [0.2, 0.25) is 5.91 Å². The summed E-state index contributed by atoms with van der Waals surface area (Å²) in [5.41, 5.74) is 1.36. The van der Waals surface area contributed by atoms with E-state index >= 15 is 0 Å². The van der Waals surface area contributed by atoms with Gasteiger partial charge in [0.1, 0.15) is 5.82 Å². The second-order valence-electron chi connectivity index (χ2n) is 5.58. The lowest BCUT2D eigenvalue weighted by Gasteiger charge is -2.24. The fourth-order valence-corrected chi connectivity index (χ4v) is 2.20. The molecule has 0 saturated heterocycles. The molecule has 0 bridgehead atoms. The van der Waals surface area contributed by atoms with E-state index in [1.165, 1.54) is 0 Å². The van der Waals surface area contributed by atoms with Gasteiger partial charge in [-0.15, -0.1) is 0 Å². The third-order valence-corrected chi connectivity index (χ3v) is 3.33. The molecule has 0 saturated carbocycles. The average Bonchev–Trinajstić information content (AvgIpc) is 2.88. The van der Waals surface area contributed by atoms with Gasteiger partial charge >= 0.3 is 0 Å². The van der Waals surface area contributed by atoms with Gasteiger partial charge in [-0.25, -0.2) is 4.98 Å². The molecule has 2 N–H and O–H groups in total. The summed E-state index contributed by atoms with van der Waals surface area (Å²) in [6.07, 6.45) is 1.19. The fourth-order valence-electron chi connectivity index (χ4n) is 2.20. The Balaban J connectivity index is 1.98. The van der Waals surface area contributed by atoms with Crippen LogP contribution >= 0.6 is 0 Å². The van der Waals surface area contributed by atoms with Gasteiger partial charge in [0.15, 0.2) is 0 Å². The summed E-state index contributed by atoms with van der Waals surface area (Å²) in [6, 6.07) is 7.84. The molecule has 0 fully saturated rings. The highest BCUT2D eigenvalue weighted by Gasteiger charge is 2.26. The number of carbonyl (C=O) groups is 1. The van der Waals surface area contributed by atoms with E-state index < -0.39 is 5.54 Å². The Morgan fingerprint density at radius 2 is 2.14 bits per heavy atom. The van der Waals surface area contributed by atoms with Crippen LogP contribution in [-0.4, -0.2) is 29.1 Å². The minimum absolute atomic E-state index is 0.0140. The van der Waals surface area contributed by atoms with Crippen molar-refractivity contribution in [2.24, 2.45) is 0 Å². The Morgan fingerprint density at radius 1 is 1.38 bits per heavy atom. The number of imidazole rings is 1. The number of ether oxygens (including phenoxy) is 1. The van der Waals surface area contributed by atoms with Crippen molar-refractivity contribution >= 4 is 16.9 Å². The average molecular weight is 289 g/mol. The van der Waals surface area contributed by atoms with E-state index in [2.05, 4.69) is 15.3 Å². The van der Waals surface area contributed by atoms with E-state index in [1.807, 2.05) is 45.0 Å². The molecule has 0 aliphatic carbocycles. The summed E-state index contributed by atoms with van der Waals surface area (Å²) in [5.74, 6) is 0.780. The molecule has 0 atom stereocenters. The van der Waals surface area contributed by atoms with Gasteiger partial charge < -0.3 is 15.0 Å². The maximum absolute atomic E-state index is 12.0. The minimum atomic E-state index is -0.526. The maximum Gasteiger partial charge on any atom is 0.220 e. The van der Waals surface area contributed by atoms with Gasteiger partial charge in [-0.05, 0) is 39.3 Å². The van der Waals surface area contributed by atoms with E-state index in [9.17, 15) is 4.79 Å². The van der Waals surface area contributed by atoms with Crippen molar-refractivity contribution in [3.63, 3.8) is 0 Å². The molecule has 114 valence electrons. The van der Waals surface area contributed by atoms with Crippen LogP contribution in [0.1, 0.15) is 39.4 Å². The van der Waals surface area contributed by atoms with E-state index in [4.69, 9.17) is 4.74 Å². The van der Waals surface area contributed by atoms with Crippen LogP contribution in [-0.2, 0) is 15.1 Å². The topological polar surface area (TPSA) is 67.0 Å². The Bertz CT molecular complexity index is 571. The quantitative estimate of drug-likeness (QED) is 0.770.